The van der Waals surface area contributed by atoms with E-state index in [0.29, 0.717) is 18.7 Å². The molecule has 1 aromatic rings. The van der Waals surface area contributed by atoms with Crippen LogP contribution in [0.3, 0.4) is 0 Å². The van der Waals surface area contributed by atoms with E-state index in [1.54, 1.807) is 0 Å². The van der Waals surface area contributed by atoms with E-state index in [1.165, 1.54) is 6.07 Å². The molecule has 0 radical (unpaired) electrons. The number of alkyl halides is 1. The molecular weight excluding hydrogens is 309 g/mol. The molecule has 0 atom stereocenters. The van der Waals surface area contributed by atoms with Crippen LogP contribution in [0.25, 0.3) is 0 Å². The SMILES string of the molecule is COC(=O)c1cc(F)ccc1NS(=O)(=O)CCCCCl. The molecule has 0 aliphatic rings. The van der Waals surface area contributed by atoms with Crippen molar-refractivity contribution in [1.29, 1.82) is 0 Å². The first-order valence-electron chi connectivity index (χ1n) is 5.84. The smallest absolute Gasteiger partial charge is 0.340 e. The maximum Gasteiger partial charge on any atom is 0.340 e. The van der Waals surface area contributed by atoms with Gasteiger partial charge in [0, 0.05) is 5.88 Å². The fraction of sp³-hybridized carbons (Fsp3) is 0.417. The zero-order valence-corrected chi connectivity index (χ0v) is 12.4. The van der Waals surface area contributed by atoms with Gasteiger partial charge < -0.3 is 4.74 Å². The first-order chi connectivity index (χ1) is 9.39. The van der Waals surface area contributed by atoms with Crippen LogP contribution in [0, 0.1) is 5.82 Å². The third-order valence-electron chi connectivity index (χ3n) is 2.45. The normalized spacial score (nSPS) is 11.2. The van der Waals surface area contributed by atoms with Gasteiger partial charge in [-0.15, -0.1) is 11.6 Å². The number of methoxy groups -OCH3 is 1. The number of benzene rings is 1. The summed E-state index contributed by atoms with van der Waals surface area (Å²) in [5.41, 5.74) is -0.183. The zero-order valence-electron chi connectivity index (χ0n) is 10.9. The molecule has 0 spiro atoms. The number of sulfonamides is 1. The lowest BCUT2D eigenvalue weighted by atomic mass is 10.2. The van der Waals surface area contributed by atoms with Crippen LogP contribution in [0.5, 0.6) is 0 Å². The van der Waals surface area contributed by atoms with E-state index in [4.69, 9.17) is 11.6 Å². The van der Waals surface area contributed by atoms with Crippen molar-refractivity contribution in [1.82, 2.24) is 0 Å². The van der Waals surface area contributed by atoms with Gasteiger partial charge in [0.2, 0.25) is 10.0 Å². The molecule has 0 fully saturated rings. The predicted molar refractivity (Wildman–Crippen MR) is 75.1 cm³/mol. The quantitative estimate of drug-likeness (QED) is 0.475. The molecule has 0 aromatic heterocycles. The van der Waals surface area contributed by atoms with E-state index >= 15 is 0 Å². The number of nitrogens with one attached hydrogen (secondary N) is 1. The van der Waals surface area contributed by atoms with Crippen LogP contribution in [0.2, 0.25) is 0 Å². The minimum atomic E-state index is -3.62. The lowest BCUT2D eigenvalue weighted by Crippen LogP contribution is -2.19. The molecule has 1 N–H and O–H groups in total. The van der Waals surface area contributed by atoms with E-state index < -0.39 is 21.8 Å². The van der Waals surface area contributed by atoms with E-state index in [2.05, 4.69) is 9.46 Å². The third kappa shape index (κ3) is 4.97. The Hall–Kier alpha value is -1.34. The Morgan fingerprint density at radius 3 is 2.70 bits per heavy atom. The third-order valence-corrected chi connectivity index (χ3v) is 4.07. The zero-order chi connectivity index (χ0) is 15.2. The molecule has 0 aliphatic heterocycles. The van der Waals surface area contributed by atoms with Crippen LogP contribution in [-0.2, 0) is 14.8 Å². The number of anilines is 1. The summed E-state index contributed by atoms with van der Waals surface area (Å²) >= 11 is 5.48. The highest BCUT2D eigenvalue weighted by atomic mass is 35.5. The average molecular weight is 324 g/mol. The fourth-order valence-corrected chi connectivity index (χ4v) is 2.88. The molecule has 0 aliphatic carbocycles. The standard InChI is InChI=1S/C12H15ClFNO4S/c1-19-12(16)10-8-9(14)4-5-11(10)15-20(17,18)7-3-2-6-13/h4-5,8,15H,2-3,6-7H2,1H3. The molecule has 112 valence electrons. The van der Waals surface area contributed by atoms with Gasteiger partial charge in [-0.05, 0) is 31.0 Å². The van der Waals surface area contributed by atoms with Gasteiger partial charge >= 0.3 is 5.97 Å². The molecule has 20 heavy (non-hydrogen) atoms. The monoisotopic (exact) mass is 323 g/mol. The molecule has 5 nitrogen and oxygen atoms in total. The summed E-state index contributed by atoms with van der Waals surface area (Å²) < 4.78 is 43.5. The fourth-order valence-electron chi connectivity index (χ4n) is 1.49. The lowest BCUT2D eigenvalue weighted by Gasteiger charge is -2.11. The van der Waals surface area contributed by atoms with Crippen molar-refractivity contribution in [2.24, 2.45) is 0 Å². The number of carbonyl (C=O) groups excluding carboxylic acids is 1. The summed E-state index contributed by atoms with van der Waals surface area (Å²) in [7, 11) is -2.49. The average Bonchev–Trinajstić information content (AvgIpc) is 2.40. The topological polar surface area (TPSA) is 72.5 Å². The second kappa shape index (κ2) is 7.44. The van der Waals surface area contributed by atoms with E-state index in [0.717, 1.165) is 19.2 Å². The summed E-state index contributed by atoms with van der Waals surface area (Å²) in [6.07, 6.45) is 0.962. The predicted octanol–water partition coefficient (Wildman–Crippen LogP) is 2.37. The van der Waals surface area contributed by atoms with Crippen molar-refractivity contribution in [3.63, 3.8) is 0 Å². The first kappa shape index (κ1) is 16.7. The maximum atomic E-state index is 13.1. The van der Waals surface area contributed by atoms with Gasteiger partial charge in [-0.2, -0.15) is 0 Å². The number of esters is 1. The van der Waals surface area contributed by atoms with Crippen molar-refractivity contribution in [2.75, 3.05) is 23.5 Å². The van der Waals surface area contributed by atoms with Crippen molar-refractivity contribution in [3.05, 3.63) is 29.6 Å². The number of carbonyl (C=O) groups is 1. The highest BCUT2D eigenvalue weighted by Gasteiger charge is 2.17. The summed E-state index contributed by atoms with van der Waals surface area (Å²) in [4.78, 5) is 11.5. The van der Waals surface area contributed by atoms with Gasteiger partial charge in [-0.3, -0.25) is 4.72 Å². The Kier molecular flexibility index (Phi) is 6.22. The van der Waals surface area contributed by atoms with Crippen LogP contribution < -0.4 is 4.72 Å². The van der Waals surface area contributed by atoms with Crippen LogP contribution in [0.4, 0.5) is 10.1 Å². The summed E-state index contributed by atoms with van der Waals surface area (Å²) in [6, 6.07) is 3.16. The van der Waals surface area contributed by atoms with E-state index in [9.17, 15) is 17.6 Å². The minimum absolute atomic E-state index is 0.0101. The van der Waals surface area contributed by atoms with Gasteiger partial charge in [0.25, 0.3) is 0 Å². The summed E-state index contributed by atoms with van der Waals surface area (Å²) in [6.45, 7) is 0. The number of hydrogen-bond donors (Lipinski definition) is 1. The lowest BCUT2D eigenvalue weighted by molar-refractivity contribution is 0.0601. The number of ether oxygens (including phenoxy) is 1. The Morgan fingerprint density at radius 2 is 2.10 bits per heavy atom. The maximum absolute atomic E-state index is 13.1. The molecule has 0 unspecified atom stereocenters. The van der Waals surface area contributed by atoms with Gasteiger partial charge in [-0.1, -0.05) is 0 Å². The Morgan fingerprint density at radius 1 is 1.40 bits per heavy atom. The van der Waals surface area contributed by atoms with Crippen LogP contribution >= 0.6 is 11.6 Å². The molecule has 0 saturated carbocycles. The highest BCUT2D eigenvalue weighted by Crippen LogP contribution is 2.19. The highest BCUT2D eigenvalue weighted by molar-refractivity contribution is 7.92. The molecule has 1 aromatic carbocycles. The summed E-state index contributed by atoms with van der Waals surface area (Å²) in [5, 5.41) is 0. The molecular formula is C12H15ClFNO4S. The number of halogens is 2. The van der Waals surface area contributed by atoms with Crippen molar-refractivity contribution in [2.45, 2.75) is 12.8 Å². The van der Waals surface area contributed by atoms with Gasteiger partial charge in [0.1, 0.15) is 5.82 Å². The second-order valence-corrected chi connectivity index (χ2v) is 6.22. The molecule has 1 rings (SSSR count). The van der Waals surface area contributed by atoms with Crippen molar-refractivity contribution in [3.8, 4) is 0 Å². The van der Waals surface area contributed by atoms with Crippen molar-refractivity contribution >= 4 is 33.3 Å². The number of rotatable bonds is 7. The summed E-state index contributed by atoms with van der Waals surface area (Å²) in [5.74, 6) is -1.23. The van der Waals surface area contributed by atoms with Crippen LogP contribution in [0.1, 0.15) is 23.2 Å². The van der Waals surface area contributed by atoms with E-state index in [1.807, 2.05) is 0 Å². The van der Waals surface area contributed by atoms with Crippen LogP contribution in [0.15, 0.2) is 18.2 Å². The van der Waals surface area contributed by atoms with Gasteiger partial charge in [0.05, 0.1) is 24.1 Å². The first-order valence-corrected chi connectivity index (χ1v) is 8.02. The Labute approximate surface area is 122 Å². The second-order valence-electron chi connectivity index (χ2n) is 4.00. The van der Waals surface area contributed by atoms with Gasteiger partial charge in [0.15, 0.2) is 0 Å². The minimum Gasteiger partial charge on any atom is -0.465 e. The number of hydrogen-bond acceptors (Lipinski definition) is 4. The van der Waals surface area contributed by atoms with Crippen molar-refractivity contribution < 1.29 is 22.3 Å². The van der Waals surface area contributed by atoms with Crippen LogP contribution in [-0.4, -0.2) is 33.1 Å². The molecule has 0 heterocycles. The Bertz CT molecular complexity index is 577. The molecule has 0 bridgehead atoms. The molecule has 0 amide bonds. The van der Waals surface area contributed by atoms with Gasteiger partial charge in [-0.25, -0.2) is 17.6 Å². The molecule has 0 saturated heterocycles. The van der Waals surface area contributed by atoms with E-state index in [-0.39, 0.29) is 17.0 Å². The largest absolute Gasteiger partial charge is 0.465 e. The number of unbranched alkanes of at least 4 members (excludes halogenated alkanes) is 1. The molecule has 8 heteroatoms. The Balaban J connectivity index is 2.94.